The first-order chi connectivity index (χ1) is 10.4. The van der Waals surface area contributed by atoms with Gasteiger partial charge in [0.2, 0.25) is 0 Å². The van der Waals surface area contributed by atoms with Gasteiger partial charge in [-0.3, -0.25) is 4.79 Å². The summed E-state index contributed by atoms with van der Waals surface area (Å²) in [7, 11) is 0. The minimum atomic E-state index is 0.00337. The van der Waals surface area contributed by atoms with Crippen molar-refractivity contribution in [1.29, 1.82) is 0 Å². The maximum Gasteiger partial charge on any atom is 0.141 e. The summed E-state index contributed by atoms with van der Waals surface area (Å²) in [5.41, 5.74) is 3.98. The van der Waals surface area contributed by atoms with E-state index in [0.717, 1.165) is 24.7 Å². The van der Waals surface area contributed by atoms with Crippen LogP contribution in [0.3, 0.4) is 0 Å². The Morgan fingerprint density at radius 1 is 1.05 bits per heavy atom. The molecule has 22 heavy (non-hydrogen) atoms. The van der Waals surface area contributed by atoms with E-state index >= 15 is 0 Å². The lowest BCUT2D eigenvalue weighted by Gasteiger charge is -2.57. The number of hydrogen-bond acceptors (Lipinski definition) is 1. The van der Waals surface area contributed by atoms with Crippen molar-refractivity contribution in [3.63, 3.8) is 0 Å². The molecule has 0 heterocycles. The van der Waals surface area contributed by atoms with Crippen LogP contribution in [0, 0.1) is 34.5 Å². The van der Waals surface area contributed by atoms with Crippen LogP contribution in [0.4, 0.5) is 0 Å². The summed E-state index contributed by atoms with van der Waals surface area (Å²) < 4.78 is 0. The summed E-state index contributed by atoms with van der Waals surface area (Å²) in [5, 5.41) is 0. The molecule has 0 amide bonds. The zero-order valence-corrected chi connectivity index (χ0v) is 14.9. The Morgan fingerprint density at radius 2 is 1.82 bits per heavy atom. The molecule has 1 heteroatoms. The summed E-state index contributed by atoms with van der Waals surface area (Å²) in [6.07, 6.45) is 10.5. The largest absolute Gasteiger partial charge is 0.299 e. The molecule has 3 fully saturated rings. The Bertz CT molecular complexity index is 544. The van der Waals surface area contributed by atoms with E-state index in [1.165, 1.54) is 38.5 Å². The maximum atomic E-state index is 12.8. The van der Waals surface area contributed by atoms with E-state index in [-0.39, 0.29) is 5.41 Å². The number of carbonyl (C=O) groups excluding carboxylic acids is 1. The van der Waals surface area contributed by atoms with Gasteiger partial charge in [0.1, 0.15) is 5.78 Å². The first-order valence-electron chi connectivity index (χ1n) is 9.61. The molecule has 0 spiro atoms. The molecular weight excluding hydrogens is 268 g/mol. The molecule has 0 aromatic carbocycles. The molecule has 0 aliphatic heterocycles. The van der Waals surface area contributed by atoms with Gasteiger partial charge < -0.3 is 0 Å². The average Bonchev–Trinajstić information content (AvgIpc) is 2.71. The molecule has 1 nitrogen and oxygen atoms in total. The number of hydrogen-bond donors (Lipinski definition) is 0. The minimum Gasteiger partial charge on any atom is -0.299 e. The van der Waals surface area contributed by atoms with Gasteiger partial charge in [0.05, 0.1) is 0 Å². The van der Waals surface area contributed by atoms with Crippen LogP contribution in [0.2, 0.25) is 0 Å². The normalized spacial score (nSPS) is 51.4. The smallest absolute Gasteiger partial charge is 0.141 e. The van der Waals surface area contributed by atoms with Crippen LogP contribution in [0.25, 0.3) is 0 Å². The molecule has 6 atom stereocenters. The quantitative estimate of drug-likeness (QED) is 0.536. The van der Waals surface area contributed by atoms with E-state index in [9.17, 15) is 4.79 Å². The van der Waals surface area contributed by atoms with E-state index in [4.69, 9.17) is 0 Å². The fourth-order valence-corrected chi connectivity index (χ4v) is 7.29. The van der Waals surface area contributed by atoms with Gasteiger partial charge >= 0.3 is 0 Å². The van der Waals surface area contributed by atoms with Crippen molar-refractivity contribution < 1.29 is 4.79 Å². The SMILES string of the molecule is CC1=C2CCCC[C@]2(C)[C@H]2CC[C@]3(C)C(=O)[C@H](C)C[C@H]3[C@@H]2C1. The van der Waals surface area contributed by atoms with Crippen molar-refractivity contribution in [2.24, 2.45) is 34.5 Å². The van der Waals surface area contributed by atoms with Gasteiger partial charge in [-0.1, -0.05) is 38.3 Å². The lowest BCUT2D eigenvalue weighted by Crippen LogP contribution is -2.50. The third-order valence-corrected chi connectivity index (χ3v) is 8.38. The third kappa shape index (κ3) is 1.74. The Kier molecular flexibility index (Phi) is 3.20. The lowest BCUT2D eigenvalue weighted by atomic mass is 9.47. The predicted octanol–water partition coefficient (Wildman–Crippen LogP) is 5.54. The Labute approximate surface area is 135 Å². The van der Waals surface area contributed by atoms with Crippen molar-refractivity contribution in [3.8, 4) is 0 Å². The van der Waals surface area contributed by atoms with Crippen molar-refractivity contribution in [3.05, 3.63) is 11.1 Å². The number of fused-ring (bicyclic) bond motifs is 5. The van der Waals surface area contributed by atoms with Gasteiger partial charge in [-0.2, -0.15) is 0 Å². The van der Waals surface area contributed by atoms with Gasteiger partial charge in [-0.15, -0.1) is 0 Å². The molecule has 0 N–H and O–H groups in total. The second-order valence-electron chi connectivity index (χ2n) is 9.42. The van der Waals surface area contributed by atoms with Crippen molar-refractivity contribution in [2.45, 2.75) is 79.1 Å². The van der Waals surface area contributed by atoms with Crippen molar-refractivity contribution >= 4 is 5.78 Å². The van der Waals surface area contributed by atoms with E-state index in [0.29, 0.717) is 23.0 Å². The molecule has 0 saturated heterocycles. The standard InChI is InChI=1S/C21H32O/c1-13-11-15-17(20(3)9-6-5-7-16(13)20)8-10-21(4)18(15)12-14(2)19(21)22/h14-15,17-18H,5-12H2,1-4H3/t14-,15-,17+,18+,20+,21+/m1/s1. The highest BCUT2D eigenvalue weighted by atomic mass is 16.1. The third-order valence-electron chi connectivity index (χ3n) is 8.38. The lowest BCUT2D eigenvalue weighted by molar-refractivity contribution is -0.133. The topological polar surface area (TPSA) is 17.1 Å². The molecule has 0 radical (unpaired) electrons. The highest BCUT2D eigenvalue weighted by Crippen LogP contribution is 2.65. The Morgan fingerprint density at radius 3 is 2.59 bits per heavy atom. The van der Waals surface area contributed by atoms with Crippen molar-refractivity contribution in [2.75, 3.05) is 0 Å². The van der Waals surface area contributed by atoms with Gasteiger partial charge in [0, 0.05) is 11.3 Å². The van der Waals surface area contributed by atoms with Gasteiger partial charge in [-0.25, -0.2) is 0 Å². The molecule has 122 valence electrons. The van der Waals surface area contributed by atoms with Crippen LogP contribution in [0.1, 0.15) is 79.1 Å². The molecule has 0 aromatic heterocycles. The van der Waals surface area contributed by atoms with Crippen LogP contribution in [0.15, 0.2) is 11.1 Å². The molecule has 3 saturated carbocycles. The molecule has 4 aliphatic rings. The highest BCUT2D eigenvalue weighted by Gasteiger charge is 2.60. The molecule has 0 aromatic rings. The molecule has 0 unspecified atom stereocenters. The van der Waals surface area contributed by atoms with Crippen molar-refractivity contribution in [1.82, 2.24) is 0 Å². The summed E-state index contributed by atoms with van der Waals surface area (Å²) in [6, 6.07) is 0. The second kappa shape index (κ2) is 4.71. The molecule has 4 aliphatic carbocycles. The van der Waals surface area contributed by atoms with Gasteiger partial charge in [0.15, 0.2) is 0 Å². The van der Waals surface area contributed by atoms with E-state index in [2.05, 4.69) is 27.7 Å². The fourth-order valence-electron chi connectivity index (χ4n) is 7.29. The van der Waals surface area contributed by atoms with Crippen LogP contribution in [0.5, 0.6) is 0 Å². The number of rotatable bonds is 0. The predicted molar refractivity (Wildman–Crippen MR) is 90.5 cm³/mol. The zero-order valence-electron chi connectivity index (χ0n) is 14.9. The zero-order chi connectivity index (χ0) is 15.7. The van der Waals surface area contributed by atoms with Crippen LogP contribution in [-0.2, 0) is 4.79 Å². The summed E-state index contributed by atoms with van der Waals surface area (Å²) in [6.45, 7) is 9.46. The second-order valence-corrected chi connectivity index (χ2v) is 9.42. The minimum absolute atomic E-state index is 0.00337. The van der Waals surface area contributed by atoms with E-state index < -0.39 is 0 Å². The maximum absolute atomic E-state index is 12.8. The van der Waals surface area contributed by atoms with E-state index in [1.54, 1.807) is 5.57 Å². The Balaban J connectivity index is 1.75. The van der Waals surface area contributed by atoms with Crippen LogP contribution < -0.4 is 0 Å². The summed E-state index contributed by atoms with van der Waals surface area (Å²) in [5.74, 6) is 3.17. The number of carbonyl (C=O) groups is 1. The van der Waals surface area contributed by atoms with E-state index in [1.807, 2.05) is 5.57 Å². The van der Waals surface area contributed by atoms with Crippen LogP contribution in [-0.4, -0.2) is 5.78 Å². The average molecular weight is 300 g/mol. The Hall–Kier alpha value is -0.590. The van der Waals surface area contributed by atoms with Gasteiger partial charge in [0.25, 0.3) is 0 Å². The fraction of sp³-hybridized carbons (Fsp3) is 0.857. The first kappa shape index (κ1) is 15.0. The molecule has 0 bridgehead atoms. The number of Topliss-reactive ketones (excluding diaryl/α,β-unsaturated/α-hetero) is 1. The molecule has 4 rings (SSSR count). The summed E-state index contributed by atoms with van der Waals surface area (Å²) >= 11 is 0. The summed E-state index contributed by atoms with van der Waals surface area (Å²) in [4.78, 5) is 12.8. The molecular formula is C21H32O. The first-order valence-corrected chi connectivity index (χ1v) is 9.61. The monoisotopic (exact) mass is 300 g/mol. The van der Waals surface area contributed by atoms with Gasteiger partial charge in [-0.05, 0) is 75.0 Å². The number of ketones is 1. The van der Waals surface area contributed by atoms with Crippen LogP contribution >= 0.6 is 0 Å². The highest BCUT2D eigenvalue weighted by molar-refractivity contribution is 5.89. The number of allylic oxidation sites excluding steroid dienone is 2.